The minimum atomic E-state index is 0. The van der Waals surface area contributed by atoms with Gasteiger partial charge in [-0.2, -0.15) is 0 Å². The van der Waals surface area contributed by atoms with Gasteiger partial charge in [0.1, 0.15) is 0 Å². The molecule has 0 radical (unpaired) electrons. The molecule has 0 fully saturated rings. The van der Waals surface area contributed by atoms with Crippen LogP contribution >= 0.6 is 36.7 Å². The smallest absolute Gasteiger partial charge is 0.855 e. The van der Waals surface area contributed by atoms with Crippen LogP contribution < -0.4 is 64.2 Å². The second-order valence-corrected chi connectivity index (χ2v) is 2.72. The molecule has 0 atom stereocenters. The van der Waals surface area contributed by atoms with E-state index in [-0.39, 0.29) is 70.1 Å². The fraction of sp³-hybridized carbons (Fsp3) is 0.667. The molecule has 0 aromatic carbocycles. The molecule has 0 aromatic heterocycles. The van der Waals surface area contributed by atoms with E-state index >= 15 is 0 Å². The summed E-state index contributed by atoms with van der Waals surface area (Å²) in [5, 5.41) is 8.93. The fourth-order valence-corrected chi connectivity index (χ4v) is 0.354. The van der Waals surface area contributed by atoms with Crippen molar-refractivity contribution < 1.29 is 69.0 Å². The fourth-order valence-electron chi connectivity index (χ4n) is 0.118. The standard InChI is InChI=1S/C3H6OS2.C2H5O.CS2.2Na/c1-2-4-3(5)6;1-2-3;2-1-3;;/h2H2,1H3,(H,5,6);2H2,1H3;;;/q;-1;;2*+1/p-1. The normalized spacial score (nSPS) is 5.07. The van der Waals surface area contributed by atoms with Gasteiger partial charge in [0.15, 0.2) is 0 Å². The summed E-state index contributed by atoms with van der Waals surface area (Å²) >= 11 is 16.7. The molecule has 0 saturated heterocycles. The number of hydrogen-bond acceptors (Lipinski definition) is 6. The third-order valence-corrected chi connectivity index (χ3v) is 0.498. The first-order chi connectivity index (χ1) is 5.60. The maximum atomic E-state index is 8.93. The Labute approximate surface area is 152 Å². The van der Waals surface area contributed by atoms with E-state index in [1.54, 1.807) is 6.92 Å². The number of rotatable bonds is 1. The van der Waals surface area contributed by atoms with Crippen molar-refractivity contribution in [1.82, 2.24) is 0 Å². The van der Waals surface area contributed by atoms with Crippen LogP contribution in [0.4, 0.5) is 0 Å². The van der Waals surface area contributed by atoms with Crippen molar-refractivity contribution in [2.45, 2.75) is 13.8 Å². The first kappa shape index (κ1) is 29.9. The van der Waals surface area contributed by atoms with E-state index < -0.39 is 0 Å². The molecule has 0 aromatic rings. The van der Waals surface area contributed by atoms with E-state index in [4.69, 9.17) is 5.11 Å². The third kappa shape index (κ3) is 90.2. The Bertz CT molecular complexity index is 129. The maximum Gasteiger partial charge on any atom is 1.00 e. The average Bonchev–Trinajstić information content (AvgIpc) is 1.89. The van der Waals surface area contributed by atoms with Crippen LogP contribution in [0.15, 0.2) is 0 Å². The van der Waals surface area contributed by atoms with E-state index in [0.717, 1.165) is 0 Å². The second kappa shape index (κ2) is 36.2. The average molecular weight is 288 g/mol. The predicted octanol–water partition coefficient (Wildman–Crippen LogP) is -4.75. The topological polar surface area (TPSA) is 32.3 Å². The van der Waals surface area contributed by atoms with Crippen molar-refractivity contribution in [3.05, 3.63) is 0 Å². The Morgan fingerprint density at radius 2 is 1.57 bits per heavy atom. The number of hydrogen-bond donors (Lipinski definition) is 0. The molecule has 14 heavy (non-hydrogen) atoms. The van der Waals surface area contributed by atoms with Gasteiger partial charge in [0.05, 0.1) is 6.61 Å². The van der Waals surface area contributed by atoms with Crippen LogP contribution in [0, 0.1) is 0 Å². The van der Waals surface area contributed by atoms with Crippen molar-refractivity contribution in [1.29, 1.82) is 0 Å². The summed E-state index contributed by atoms with van der Waals surface area (Å²) < 4.78 is 6.71. The first-order valence-electron chi connectivity index (χ1n) is 3.01. The predicted molar refractivity (Wildman–Crippen MR) is 62.3 cm³/mol. The molecule has 0 unspecified atom stereocenters. The van der Waals surface area contributed by atoms with Gasteiger partial charge in [-0.3, -0.25) is 0 Å². The maximum absolute atomic E-state index is 8.93. The van der Waals surface area contributed by atoms with Crippen molar-refractivity contribution in [3.8, 4) is 0 Å². The van der Waals surface area contributed by atoms with E-state index in [1.807, 2.05) is 11.2 Å². The Morgan fingerprint density at radius 3 is 1.57 bits per heavy atom. The quantitative estimate of drug-likeness (QED) is 0.274. The zero-order valence-corrected chi connectivity index (χ0v) is 16.1. The van der Waals surface area contributed by atoms with Crippen LogP contribution in [-0.4, -0.2) is 21.9 Å². The van der Waals surface area contributed by atoms with Gasteiger partial charge in [0.2, 0.25) is 0 Å². The molecule has 0 rings (SSSR count). The van der Waals surface area contributed by atoms with Gasteiger partial charge in [0, 0.05) is 8.70 Å². The molecule has 0 N–H and O–H groups in total. The molecule has 8 heteroatoms. The number of ether oxygens (including phenoxy) is 1. The molecule has 72 valence electrons. The SMILES string of the molecule is CCOC(=S)[S-].CC[O-].S=C=S.[Na+].[Na+]. The molecule has 0 bridgehead atoms. The van der Waals surface area contributed by atoms with Crippen LogP contribution in [0.25, 0.3) is 0 Å². The summed E-state index contributed by atoms with van der Waals surface area (Å²) in [6.07, 6.45) is 0. The third-order valence-electron chi connectivity index (χ3n) is 0.262. The molecule has 0 aliphatic heterocycles. The molecular formula is C6H10Na2O2S4. The molecular weight excluding hydrogens is 278 g/mol. The van der Waals surface area contributed by atoms with Crippen LogP contribution in [-0.2, 0) is 17.4 Å². The minimum absolute atomic E-state index is 0. The van der Waals surface area contributed by atoms with E-state index in [1.165, 1.54) is 0 Å². The van der Waals surface area contributed by atoms with Gasteiger partial charge >= 0.3 is 59.1 Å². The van der Waals surface area contributed by atoms with Gasteiger partial charge < -0.3 is 34.7 Å². The Kier molecular flexibility index (Phi) is 77.2. The van der Waals surface area contributed by atoms with Crippen LogP contribution in [0.3, 0.4) is 0 Å². The second-order valence-electron chi connectivity index (χ2n) is 1.06. The number of thiocarbonyl (C=S) groups is 3. The minimum Gasteiger partial charge on any atom is -0.855 e. The molecule has 0 aliphatic carbocycles. The summed E-state index contributed by atoms with van der Waals surface area (Å²) in [5.41, 5.74) is 0. The van der Waals surface area contributed by atoms with E-state index in [0.29, 0.717) is 6.61 Å². The molecule has 0 aliphatic rings. The van der Waals surface area contributed by atoms with Gasteiger partial charge in [0.25, 0.3) is 0 Å². The van der Waals surface area contributed by atoms with E-state index in [9.17, 15) is 0 Å². The van der Waals surface area contributed by atoms with Crippen LogP contribution in [0.1, 0.15) is 13.8 Å². The first-order valence-corrected chi connectivity index (χ1v) is 4.65. The Hall–Kier alpha value is 2.29. The summed E-state index contributed by atoms with van der Waals surface area (Å²) in [5.74, 6) is 0. The van der Waals surface area contributed by atoms with Crippen molar-refractivity contribution in [3.63, 3.8) is 0 Å². The molecule has 0 amide bonds. The van der Waals surface area contributed by atoms with Crippen molar-refractivity contribution >= 4 is 58.0 Å². The summed E-state index contributed by atoms with van der Waals surface area (Å²) in [4.78, 5) is 0. The molecule has 0 saturated carbocycles. The van der Waals surface area contributed by atoms with Crippen LogP contribution in [0.5, 0.6) is 0 Å². The van der Waals surface area contributed by atoms with Crippen LogP contribution in [0.2, 0.25) is 0 Å². The Balaban J connectivity index is -0.0000000297. The van der Waals surface area contributed by atoms with Gasteiger partial charge in [-0.1, -0.05) is 6.92 Å². The molecule has 0 heterocycles. The van der Waals surface area contributed by atoms with Crippen molar-refractivity contribution in [2.24, 2.45) is 0 Å². The van der Waals surface area contributed by atoms with Gasteiger partial charge in [-0.15, -0.1) is 6.61 Å². The summed E-state index contributed by atoms with van der Waals surface area (Å²) in [6.45, 7) is 4.00. The monoisotopic (exact) mass is 288 g/mol. The summed E-state index contributed by atoms with van der Waals surface area (Å²) in [6, 6.07) is 0. The van der Waals surface area contributed by atoms with Gasteiger partial charge in [-0.25, -0.2) is 0 Å². The molecule has 2 nitrogen and oxygen atoms in total. The largest absolute Gasteiger partial charge is 1.00 e. The Morgan fingerprint density at radius 1 is 1.36 bits per heavy atom. The zero-order chi connectivity index (χ0) is 10.4. The summed E-state index contributed by atoms with van der Waals surface area (Å²) in [7, 11) is 0. The van der Waals surface area contributed by atoms with Gasteiger partial charge in [-0.05, 0) is 31.4 Å². The van der Waals surface area contributed by atoms with Crippen molar-refractivity contribution in [2.75, 3.05) is 13.2 Å². The van der Waals surface area contributed by atoms with E-state index in [2.05, 4.69) is 54.0 Å². The molecule has 0 spiro atoms. The zero-order valence-electron chi connectivity index (χ0n) is 8.86.